The Morgan fingerprint density at radius 2 is 1.83 bits per heavy atom. The molecule has 1 saturated heterocycles. The van der Waals surface area contributed by atoms with Gasteiger partial charge in [0.2, 0.25) is 15.0 Å². The molecule has 24 heavy (non-hydrogen) atoms. The van der Waals surface area contributed by atoms with Crippen LogP contribution in [0.4, 0.5) is 17.6 Å². The monoisotopic (exact) mass is 363 g/mol. The van der Waals surface area contributed by atoms with Gasteiger partial charge in [0.25, 0.3) is 0 Å². The van der Waals surface area contributed by atoms with E-state index in [9.17, 15) is 26.0 Å². The van der Waals surface area contributed by atoms with E-state index in [1.165, 1.54) is 0 Å². The summed E-state index contributed by atoms with van der Waals surface area (Å²) in [4.78, 5) is 0. The van der Waals surface area contributed by atoms with Gasteiger partial charge in [0.1, 0.15) is 18.2 Å². The zero-order valence-electron chi connectivity index (χ0n) is 12.2. The number of nitrogens with zero attached hydrogens (tertiary/aromatic N) is 2. The van der Waals surface area contributed by atoms with E-state index in [4.69, 9.17) is 0 Å². The van der Waals surface area contributed by atoms with Crippen LogP contribution < -0.4 is 5.32 Å². The molecule has 1 aromatic carbocycles. The van der Waals surface area contributed by atoms with Crippen molar-refractivity contribution in [2.75, 3.05) is 0 Å². The van der Waals surface area contributed by atoms with Crippen LogP contribution in [0.15, 0.2) is 17.2 Å². The molecule has 1 N–H and O–H groups in total. The highest BCUT2D eigenvalue weighted by atomic mass is 32.2. The van der Waals surface area contributed by atoms with E-state index in [1.54, 1.807) is 0 Å². The third-order valence-electron chi connectivity index (χ3n) is 4.52. The van der Waals surface area contributed by atoms with E-state index >= 15 is 0 Å². The molecule has 2 aliphatic heterocycles. The highest BCUT2D eigenvalue weighted by Gasteiger charge is 2.51. The summed E-state index contributed by atoms with van der Waals surface area (Å²) in [6.07, 6.45) is -2.06. The molecular weight excluding hydrogens is 350 g/mol. The van der Waals surface area contributed by atoms with Crippen LogP contribution in [-0.4, -0.2) is 36.2 Å². The van der Waals surface area contributed by atoms with Crippen molar-refractivity contribution in [2.45, 2.75) is 42.9 Å². The fraction of sp³-hybridized carbons (Fsp3) is 0.500. The first-order valence-corrected chi connectivity index (χ1v) is 9.00. The van der Waals surface area contributed by atoms with E-state index in [1.807, 2.05) is 0 Å². The summed E-state index contributed by atoms with van der Waals surface area (Å²) in [5.74, 6) is -3.70. The molecule has 3 atom stereocenters. The van der Waals surface area contributed by atoms with Crippen LogP contribution in [0, 0.1) is 17.5 Å². The summed E-state index contributed by atoms with van der Waals surface area (Å²) in [5, 5.41) is 6.39. The maximum atomic E-state index is 14.2. The van der Waals surface area contributed by atoms with Crippen LogP contribution in [-0.2, 0) is 9.84 Å². The average molecular weight is 363 g/mol. The van der Waals surface area contributed by atoms with Gasteiger partial charge >= 0.3 is 0 Å². The second-order valence-electron chi connectivity index (χ2n) is 6.14. The van der Waals surface area contributed by atoms with Crippen molar-refractivity contribution in [3.05, 3.63) is 35.1 Å². The average Bonchev–Trinajstić information content (AvgIpc) is 3.22. The van der Waals surface area contributed by atoms with Crippen LogP contribution in [0.2, 0.25) is 0 Å². The quantitative estimate of drug-likeness (QED) is 0.645. The molecule has 3 aliphatic rings. The third kappa shape index (κ3) is 2.19. The Hall–Kier alpha value is -1.84. The van der Waals surface area contributed by atoms with Crippen LogP contribution in [0.5, 0.6) is 0 Å². The number of alkyl halides is 1. The number of hydrogen-bond acceptors (Lipinski definition) is 5. The number of benzene rings is 1. The Labute approximate surface area is 135 Å². The van der Waals surface area contributed by atoms with Crippen LogP contribution in [0.25, 0.3) is 0 Å². The first kappa shape index (κ1) is 15.7. The molecule has 2 heterocycles. The van der Waals surface area contributed by atoms with Crippen molar-refractivity contribution >= 4 is 15.0 Å². The number of hydrogen-bond donors (Lipinski definition) is 1. The first-order valence-electron chi connectivity index (χ1n) is 7.45. The number of halogens is 4. The second-order valence-corrected chi connectivity index (χ2v) is 8.29. The Morgan fingerprint density at radius 3 is 2.50 bits per heavy atom. The molecular formula is C14H13F4N3O2S. The van der Waals surface area contributed by atoms with Crippen molar-refractivity contribution in [2.24, 2.45) is 5.10 Å². The Kier molecular flexibility index (Phi) is 3.32. The zero-order chi connectivity index (χ0) is 17.2. The molecule has 0 bridgehead atoms. The summed E-state index contributed by atoms with van der Waals surface area (Å²) in [5.41, 5.74) is -0.643. The third-order valence-corrected chi connectivity index (χ3v) is 6.61. The molecule has 1 aliphatic carbocycles. The lowest BCUT2D eigenvalue weighted by molar-refractivity contribution is 0.176. The number of fused-ring (bicyclic) bond motifs is 1. The van der Waals surface area contributed by atoms with E-state index in [0.717, 1.165) is 11.1 Å². The molecule has 130 valence electrons. The maximum absolute atomic E-state index is 14.2. The molecule has 2 fully saturated rings. The highest BCUT2D eigenvalue weighted by molar-refractivity contribution is 8.07. The second kappa shape index (κ2) is 5.08. The van der Waals surface area contributed by atoms with Gasteiger partial charge in [-0.15, -0.1) is 5.10 Å². The lowest BCUT2D eigenvalue weighted by Gasteiger charge is -2.22. The topological polar surface area (TPSA) is 61.8 Å². The van der Waals surface area contributed by atoms with Gasteiger partial charge in [-0.25, -0.2) is 26.0 Å². The summed E-state index contributed by atoms with van der Waals surface area (Å²) in [7, 11) is -3.70. The first-order chi connectivity index (χ1) is 11.3. The fourth-order valence-corrected chi connectivity index (χ4v) is 4.70. The number of nitrogens with one attached hydrogen (secondary N) is 1. The van der Waals surface area contributed by atoms with Crippen LogP contribution in [0.1, 0.15) is 30.9 Å². The molecule has 1 saturated carbocycles. The molecule has 10 heteroatoms. The molecule has 0 spiro atoms. The number of sulfone groups is 1. The van der Waals surface area contributed by atoms with Gasteiger partial charge in [-0.05, 0) is 25.0 Å². The van der Waals surface area contributed by atoms with E-state index < -0.39 is 56.5 Å². The molecule has 0 amide bonds. The Balaban J connectivity index is 1.74. The van der Waals surface area contributed by atoms with Gasteiger partial charge < -0.3 is 5.32 Å². The SMILES string of the molecule is O=S(=O)(C1=NN2C(N1)[C@@H](F)C[C@H]2c1c(F)ccc(F)c1F)C1CC1. The summed E-state index contributed by atoms with van der Waals surface area (Å²) in [6, 6.07) is 0.172. The summed E-state index contributed by atoms with van der Waals surface area (Å²) in [6.45, 7) is 0. The predicted octanol–water partition coefficient (Wildman–Crippen LogP) is 1.97. The summed E-state index contributed by atoms with van der Waals surface area (Å²) >= 11 is 0. The molecule has 0 aromatic heterocycles. The van der Waals surface area contributed by atoms with E-state index in [0.29, 0.717) is 18.9 Å². The van der Waals surface area contributed by atoms with Crippen molar-refractivity contribution in [1.29, 1.82) is 0 Å². The lowest BCUT2D eigenvalue weighted by atomic mass is 10.0. The van der Waals surface area contributed by atoms with E-state index in [-0.39, 0.29) is 11.6 Å². The minimum Gasteiger partial charge on any atom is -0.335 e. The van der Waals surface area contributed by atoms with Gasteiger partial charge in [-0.1, -0.05) is 0 Å². The number of amidine groups is 1. The molecule has 1 aromatic rings. The fourth-order valence-electron chi connectivity index (χ4n) is 3.13. The molecule has 1 unspecified atom stereocenters. The van der Waals surface area contributed by atoms with Crippen molar-refractivity contribution in [1.82, 2.24) is 10.3 Å². The predicted molar refractivity (Wildman–Crippen MR) is 76.7 cm³/mol. The lowest BCUT2D eigenvalue weighted by Crippen LogP contribution is -2.42. The summed E-state index contributed by atoms with van der Waals surface area (Å²) < 4.78 is 80.1. The number of hydrazone groups is 1. The molecule has 0 radical (unpaired) electrons. The Morgan fingerprint density at radius 1 is 1.17 bits per heavy atom. The standard InChI is InChI=1S/C14H13F4N3O2S/c15-7-3-4-8(16)12(18)11(7)10-5-9(17)13-19-14(20-21(10)13)24(22,23)6-1-2-6/h3-4,6,9-10,13H,1-2,5H2,(H,19,20)/t9-,10-,13?/m0/s1. The van der Waals surface area contributed by atoms with E-state index in [2.05, 4.69) is 10.4 Å². The van der Waals surface area contributed by atoms with Crippen LogP contribution in [0.3, 0.4) is 0 Å². The van der Waals surface area contributed by atoms with Gasteiger partial charge in [0.15, 0.2) is 11.6 Å². The zero-order valence-corrected chi connectivity index (χ0v) is 13.0. The molecule has 4 rings (SSSR count). The maximum Gasteiger partial charge on any atom is 0.241 e. The highest BCUT2D eigenvalue weighted by Crippen LogP contribution is 2.42. The number of rotatable bonds is 2. The van der Waals surface area contributed by atoms with Crippen molar-refractivity contribution < 1.29 is 26.0 Å². The minimum absolute atomic E-state index is 0.324. The molecule has 5 nitrogen and oxygen atoms in total. The smallest absolute Gasteiger partial charge is 0.241 e. The van der Waals surface area contributed by atoms with Gasteiger partial charge in [-0.3, -0.25) is 5.01 Å². The van der Waals surface area contributed by atoms with Gasteiger partial charge in [0, 0.05) is 6.42 Å². The Bertz CT molecular complexity index is 841. The van der Waals surface area contributed by atoms with Crippen molar-refractivity contribution in [3.8, 4) is 0 Å². The van der Waals surface area contributed by atoms with Gasteiger partial charge in [-0.2, -0.15) is 0 Å². The van der Waals surface area contributed by atoms with Crippen molar-refractivity contribution in [3.63, 3.8) is 0 Å². The van der Waals surface area contributed by atoms with Crippen LogP contribution >= 0.6 is 0 Å². The normalized spacial score (nSPS) is 29.4. The van der Waals surface area contributed by atoms with Gasteiger partial charge in [0.05, 0.1) is 16.9 Å². The minimum atomic E-state index is -3.70. The largest absolute Gasteiger partial charge is 0.335 e.